The number of hydrogen-bond donors (Lipinski definition) is 1. The minimum atomic E-state index is 0.234. The topological polar surface area (TPSA) is 62.7 Å². The number of nitrogens with two attached hydrogens (primary N) is 1. The van der Waals surface area contributed by atoms with E-state index in [4.69, 9.17) is 22.6 Å². The summed E-state index contributed by atoms with van der Waals surface area (Å²) < 4.78 is 0. The second-order valence-corrected chi connectivity index (χ2v) is 2.77. The molecule has 0 aromatic carbocycles. The van der Waals surface area contributed by atoms with E-state index in [1.165, 1.54) is 0 Å². The van der Waals surface area contributed by atoms with Gasteiger partial charge in [-0.25, -0.2) is 4.98 Å². The Balaban J connectivity index is 3.30. The smallest absolute Gasteiger partial charge is 0.147 e. The first-order valence-electron chi connectivity index (χ1n) is 3.45. The Morgan fingerprint density at radius 1 is 1.75 bits per heavy atom. The molecule has 4 heteroatoms. The number of nitriles is 1. The Bertz CT molecular complexity index is 318. The van der Waals surface area contributed by atoms with E-state index in [0.29, 0.717) is 17.8 Å². The zero-order valence-corrected chi connectivity index (χ0v) is 7.39. The van der Waals surface area contributed by atoms with Gasteiger partial charge >= 0.3 is 0 Å². The average Bonchev–Trinajstić information content (AvgIpc) is 2.03. The zero-order chi connectivity index (χ0) is 9.14. The summed E-state index contributed by atoms with van der Waals surface area (Å²) in [5, 5.41) is 8.89. The van der Waals surface area contributed by atoms with E-state index in [0.717, 1.165) is 5.56 Å². The van der Waals surface area contributed by atoms with Crippen molar-refractivity contribution in [2.24, 2.45) is 5.73 Å². The van der Waals surface area contributed by atoms with E-state index in [1.807, 2.05) is 13.0 Å². The van der Waals surface area contributed by atoms with Crippen LogP contribution < -0.4 is 5.73 Å². The molecule has 0 saturated heterocycles. The maximum Gasteiger partial charge on any atom is 0.147 e. The van der Waals surface area contributed by atoms with Crippen molar-refractivity contribution in [1.82, 2.24) is 4.98 Å². The Kier molecular flexibility index (Phi) is 2.64. The van der Waals surface area contributed by atoms with Crippen molar-refractivity contribution < 1.29 is 0 Å². The number of nitrogens with zero attached hydrogens (tertiary/aromatic N) is 2. The first-order chi connectivity index (χ1) is 5.69. The van der Waals surface area contributed by atoms with E-state index >= 15 is 0 Å². The molecule has 0 fully saturated rings. The Morgan fingerprint density at radius 2 is 2.42 bits per heavy atom. The molecule has 62 valence electrons. The van der Waals surface area contributed by atoms with Crippen LogP contribution in [0.1, 0.15) is 16.8 Å². The fourth-order valence-electron chi connectivity index (χ4n) is 0.938. The largest absolute Gasteiger partial charge is 0.325 e. The van der Waals surface area contributed by atoms with Gasteiger partial charge in [-0.1, -0.05) is 11.6 Å². The molecule has 3 nitrogen and oxygen atoms in total. The molecule has 1 heterocycles. The summed E-state index contributed by atoms with van der Waals surface area (Å²) in [7, 11) is 0. The van der Waals surface area contributed by atoms with Crippen molar-refractivity contribution in [3.63, 3.8) is 0 Å². The summed E-state index contributed by atoms with van der Waals surface area (Å²) in [6, 6.07) is 3.75. The maximum atomic E-state index is 8.66. The molecule has 0 aliphatic heterocycles. The summed E-state index contributed by atoms with van der Waals surface area (Å²) in [6.07, 6.45) is 0. The Morgan fingerprint density at radius 3 is 2.83 bits per heavy atom. The number of hydrogen-bond acceptors (Lipinski definition) is 3. The van der Waals surface area contributed by atoms with Crippen LogP contribution in [0.5, 0.6) is 0 Å². The van der Waals surface area contributed by atoms with Crippen LogP contribution in [0.25, 0.3) is 0 Å². The Labute approximate surface area is 75.8 Å². The van der Waals surface area contributed by atoms with Crippen LogP contribution in [-0.2, 0) is 6.54 Å². The summed E-state index contributed by atoms with van der Waals surface area (Å²) in [5.41, 5.74) is 7.32. The summed E-state index contributed by atoms with van der Waals surface area (Å²) in [5.74, 6) is 0. The van der Waals surface area contributed by atoms with Gasteiger partial charge in [-0.2, -0.15) is 5.26 Å². The Hall–Kier alpha value is -1.11. The standard InChI is InChI=1S/C8H8ClN3/c1-5-2-6(3-10)12-8(9)7(5)4-11/h2H,3,10H2,1H3. The number of aromatic nitrogens is 1. The van der Waals surface area contributed by atoms with Crippen LogP contribution in [0.15, 0.2) is 6.07 Å². The van der Waals surface area contributed by atoms with Crippen molar-refractivity contribution in [2.45, 2.75) is 13.5 Å². The fraction of sp³-hybridized carbons (Fsp3) is 0.250. The summed E-state index contributed by atoms with van der Waals surface area (Å²) in [6.45, 7) is 2.15. The van der Waals surface area contributed by atoms with Gasteiger partial charge in [-0.3, -0.25) is 0 Å². The molecule has 2 N–H and O–H groups in total. The normalized spacial score (nSPS) is 9.50. The summed E-state index contributed by atoms with van der Waals surface area (Å²) in [4.78, 5) is 3.94. The third-order valence-corrected chi connectivity index (χ3v) is 1.82. The quantitative estimate of drug-likeness (QED) is 0.666. The lowest BCUT2D eigenvalue weighted by Gasteiger charge is -2.02. The monoisotopic (exact) mass is 181 g/mol. The van der Waals surface area contributed by atoms with Crippen molar-refractivity contribution in [3.05, 3.63) is 28.0 Å². The predicted octanol–water partition coefficient (Wildman–Crippen LogP) is 1.37. The molecule has 12 heavy (non-hydrogen) atoms. The first kappa shape index (κ1) is 8.98. The molecule has 1 aromatic heterocycles. The lowest BCUT2D eigenvalue weighted by Crippen LogP contribution is -2.01. The van der Waals surface area contributed by atoms with Gasteiger partial charge < -0.3 is 5.73 Å². The van der Waals surface area contributed by atoms with Crippen LogP contribution in [0, 0.1) is 18.3 Å². The minimum absolute atomic E-state index is 0.234. The van der Waals surface area contributed by atoms with Crippen LogP contribution in [0.2, 0.25) is 5.15 Å². The molecule has 0 radical (unpaired) electrons. The van der Waals surface area contributed by atoms with Crippen molar-refractivity contribution >= 4 is 11.6 Å². The van der Waals surface area contributed by atoms with Gasteiger partial charge in [0.05, 0.1) is 11.3 Å². The van der Waals surface area contributed by atoms with Crippen molar-refractivity contribution in [1.29, 1.82) is 5.26 Å². The molecular weight excluding hydrogens is 174 g/mol. The van der Waals surface area contributed by atoms with Gasteiger partial charge in [0.1, 0.15) is 11.2 Å². The highest BCUT2D eigenvalue weighted by Crippen LogP contribution is 2.17. The molecular formula is C8H8ClN3. The van der Waals surface area contributed by atoms with Crippen LogP contribution in [-0.4, -0.2) is 4.98 Å². The van der Waals surface area contributed by atoms with Crippen LogP contribution >= 0.6 is 11.6 Å². The maximum absolute atomic E-state index is 8.66. The van der Waals surface area contributed by atoms with Crippen molar-refractivity contribution in [3.8, 4) is 6.07 Å². The molecule has 0 atom stereocenters. The highest BCUT2D eigenvalue weighted by atomic mass is 35.5. The molecule has 0 bridgehead atoms. The predicted molar refractivity (Wildman–Crippen MR) is 46.6 cm³/mol. The SMILES string of the molecule is Cc1cc(CN)nc(Cl)c1C#N. The third-order valence-electron chi connectivity index (χ3n) is 1.55. The highest BCUT2D eigenvalue weighted by Gasteiger charge is 2.05. The number of aryl methyl sites for hydroxylation is 1. The lowest BCUT2D eigenvalue weighted by molar-refractivity contribution is 0.981. The minimum Gasteiger partial charge on any atom is -0.325 e. The van der Waals surface area contributed by atoms with E-state index in [-0.39, 0.29) is 5.15 Å². The average molecular weight is 182 g/mol. The van der Waals surface area contributed by atoms with Crippen molar-refractivity contribution in [2.75, 3.05) is 0 Å². The first-order valence-corrected chi connectivity index (χ1v) is 3.83. The van der Waals surface area contributed by atoms with Crippen LogP contribution in [0.4, 0.5) is 0 Å². The molecule has 0 saturated carbocycles. The van der Waals surface area contributed by atoms with E-state index in [2.05, 4.69) is 4.98 Å². The molecule has 1 rings (SSSR count). The second-order valence-electron chi connectivity index (χ2n) is 2.41. The second kappa shape index (κ2) is 3.53. The van der Waals surface area contributed by atoms with Gasteiger partial charge in [0.2, 0.25) is 0 Å². The van der Waals surface area contributed by atoms with Gasteiger partial charge in [0.15, 0.2) is 0 Å². The van der Waals surface area contributed by atoms with E-state index < -0.39 is 0 Å². The number of halogens is 1. The molecule has 0 spiro atoms. The highest BCUT2D eigenvalue weighted by molar-refractivity contribution is 6.30. The lowest BCUT2D eigenvalue weighted by atomic mass is 10.1. The zero-order valence-electron chi connectivity index (χ0n) is 6.63. The molecule has 1 aromatic rings. The van der Waals surface area contributed by atoms with Crippen LogP contribution in [0.3, 0.4) is 0 Å². The number of pyridine rings is 1. The third kappa shape index (κ3) is 1.55. The van der Waals surface area contributed by atoms with E-state index in [1.54, 1.807) is 6.07 Å². The molecule has 0 aliphatic rings. The van der Waals surface area contributed by atoms with Gasteiger partial charge in [0.25, 0.3) is 0 Å². The summed E-state index contributed by atoms with van der Waals surface area (Å²) >= 11 is 5.72. The number of rotatable bonds is 1. The fourth-order valence-corrected chi connectivity index (χ4v) is 1.24. The van der Waals surface area contributed by atoms with Gasteiger partial charge in [-0.15, -0.1) is 0 Å². The van der Waals surface area contributed by atoms with Gasteiger partial charge in [0, 0.05) is 6.54 Å². The molecule has 0 unspecified atom stereocenters. The van der Waals surface area contributed by atoms with Gasteiger partial charge in [-0.05, 0) is 18.6 Å². The van der Waals surface area contributed by atoms with E-state index in [9.17, 15) is 0 Å². The molecule has 0 aliphatic carbocycles. The molecule has 0 amide bonds.